The summed E-state index contributed by atoms with van der Waals surface area (Å²) in [6.07, 6.45) is 1.73. The largest absolute Gasteiger partial charge is 0.310 e. The van der Waals surface area contributed by atoms with E-state index >= 15 is 0 Å². The van der Waals surface area contributed by atoms with Gasteiger partial charge in [0.25, 0.3) is 5.56 Å². The molecule has 0 radical (unpaired) electrons. The molecule has 0 fully saturated rings. The summed E-state index contributed by atoms with van der Waals surface area (Å²) in [6, 6.07) is 7.37. The van der Waals surface area contributed by atoms with E-state index in [2.05, 4.69) is 15.0 Å². The zero-order valence-electron chi connectivity index (χ0n) is 8.69. The van der Waals surface area contributed by atoms with Crippen molar-refractivity contribution in [3.63, 3.8) is 0 Å². The average Bonchev–Trinajstić information content (AvgIpc) is 2.28. The molecule has 1 aromatic carbocycles. The van der Waals surface area contributed by atoms with Gasteiger partial charge in [-0.05, 0) is 31.2 Å². The van der Waals surface area contributed by atoms with Crippen LogP contribution in [0.25, 0.3) is 21.8 Å². The molecule has 3 aromatic rings. The lowest BCUT2D eigenvalue weighted by atomic mass is 10.1. The molecular formula is C12H9N3O. The van der Waals surface area contributed by atoms with Gasteiger partial charge in [0, 0.05) is 11.6 Å². The van der Waals surface area contributed by atoms with Gasteiger partial charge in [0.1, 0.15) is 5.82 Å². The first-order valence-corrected chi connectivity index (χ1v) is 5.00. The normalized spacial score (nSPS) is 11.1. The minimum atomic E-state index is -0.103. The molecule has 2 heterocycles. The Balaban J connectivity index is 2.65. The molecule has 0 aliphatic heterocycles. The molecule has 0 aliphatic carbocycles. The Bertz CT molecular complexity index is 746. The maximum absolute atomic E-state index is 11.7. The predicted octanol–water partition coefficient (Wildman–Crippen LogP) is 1.78. The first kappa shape index (κ1) is 9.03. The molecule has 0 saturated heterocycles. The summed E-state index contributed by atoms with van der Waals surface area (Å²) in [5, 5.41) is 1.51. The van der Waals surface area contributed by atoms with Crippen LogP contribution in [-0.2, 0) is 0 Å². The van der Waals surface area contributed by atoms with Gasteiger partial charge < -0.3 is 4.98 Å². The maximum atomic E-state index is 11.7. The number of aromatic amines is 1. The third-order valence-electron chi connectivity index (χ3n) is 2.58. The quantitative estimate of drug-likeness (QED) is 0.576. The molecule has 4 nitrogen and oxygen atoms in total. The van der Waals surface area contributed by atoms with E-state index in [4.69, 9.17) is 0 Å². The van der Waals surface area contributed by atoms with Crippen LogP contribution in [-0.4, -0.2) is 15.0 Å². The van der Waals surface area contributed by atoms with Gasteiger partial charge in [-0.2, -0.15) is 0 Å². The Morgan fingerprint density at radius 1 is 1.19 bits per heavy atom. The number of nitrogens with one attached hydrogen (secondary N) is 1. The molecule has 4 heteroatoms. The van der Waals surface area contributed by atoms with E-state index in [1.807, 2.05) is 18.2 Å². The summed E-state index contributed by atoms with van der Waals surface area (Å²) in [4.78, 5) is 23.0. The summed E-state index contributed by atoms with van der Waals surface area (Å²) >= 11 is 0. The van der Waals surface area contributed by atoms with Crippen molar-refractivity contribution in [3.05, 3.63) is 46.6 Å². The van der Waals surface area contributed by atoms with E-state index in [-0.39, 0.29) is 5.56 Å². The van der Waals surface area contributed by atoms with Crippen LogP contribution in [0.5, 0.6) is 0 Å². The molecule has 3 rings (SSSR count). The lowest BCUT2D eigenvalue weighted by molar-refractivity contribution is 1.06. The number of aromatic nitrogens is 3. The fraction of sp³-hybridized carbons (Fsp3) is 0.0833. The molecule has 2 aromatic heterocycles. The smallest absolute Gasteiger partial charge is 0.258 e. The fourth-order valence-electron chi connectivity index (χ4n) is 1.87. The fourth-order valence-corrected chi connectivity index (χ4v) is 1.87. The Labute approximate surface area is 91.0 Å². The van der Waals surface area contributed by atoms with E-state index in [1.54, 1.807) is 19.2 Å². The lowest BCUT2D eigenvalue weighted by Crippen LogP contribution is -2.09. The summed E-state index contributed by atoms with van der Waals surface area (Å²) in [6.45, 7) is 1.77. The Morgan fingerprint density at radius 3 is 2.94 bits per heavy atom. The average molecular weight is 211 g/mol. The molecular weight excluding hydrogens is 202 g/mol. The number of hydrogen-bond donors (Lipinski definition) is 1. The highest BCUT2D eigenvalue weighted by atomic mass is 16.1. The van der Waals surface area contributed by atoms with Gasteiger partial charge in [-0.1, -0.05) is 0 Å². The van der Waals surface area contributed by atoms with Crippen LogP contribution in [0.2, 0.25) is 0 Å². The number of hydrogen-bond acceptors (Lipinski definition) is 3. The van der Waals surface area contributed by atoms with Crippen LogP contribution < -0.4 is 5.56 Å². The summed E-state index contributed by atoms with van der Waals surface area (Å²) in [5.41, 5.74) is 1.47. The minimum Gasteiger partial charge on any atom is -0.310 e. The predicted molar refractivity (Wildman–Crippen MR) is 62.4 cm³/mol. The molecule has 16 heavy (non-hydrogen) atoms. The van der Waals surface area contributed by atoms with Gasteiger partial charge in [0.15, 0.2) is 0 Å². The second-order valence-corrected chi connectivity index (χ2v) is 3.68. The highest BCUT2D eigenvalue weighted by Crippen LogP contribution is 2.19. The van der Waals surface area contributed by atoms with E-state index in [0.717, 1.165) is 10.9 Å². The molecule has 0 unspecified atom stereocenters. The standard InChI is InChI=1S/C12H9N3O/c1-7-14-11-8-3-2-6-13-10(8)5-4-9(11)12(16)15-7/h2-6H,1H3,(H,14,15,16). The Kier molecular flexibility index (Phi) is 1.77. The van der Waals surface area contributed by atoms with Crippen LogP contribution in [0.15, 0.2) is 35.3 Å². The molecule has 0 atom stereocenters. The molecule has 0 bridgehead atoms. The van der Waals surface area contributed by atoms with Gasteiger partial charge in [-0.25, -0.2) is 4.98 Å². The van der Waals surface area contributed by atoms with Crippen molar-refractivity contribution in [1.82, 2.24) is 15.0 Å². The van der Waals surface area contributed by atoms with E-state index < -0.39 is 0 Å². The molecule has 0 saturated carbocycles. The first-order chi connectivity index (χ1) is 7.75. The van der Waals surface area contributed by atoms with Crippen molar-refractivity contribution < 1.29 is 0 Å². The van der Waals surface area contributed by atoms with Crippen LogP contribution in [0.4, 0.5) is 0 Å². The Morgan fingerprint density at radius 2 is 2.06 bits per heavy atom. The van der Waals surface area contributed by atoms with Gasteiger partial charge in [-0.3, -0.25) is 9.78 Å². The van der Waals surface area contributed by atoms with Crippen molar-refractivity contribution >= 4 is 21.8 Å². The van der Waals surface area contributed by atoms with E-state index in [9.17, 15) is 4.79 Å². The number of nitrogens with zero attached hydrogens (tertiary/aromatic N) is 2. The highest BCUT2D eigenvalue weighted by Gasteiger charge is 2.05. The third kappa shape index (κ3) is 1.20. The maximum Gasteiger partial charge on any atom is 0.258 e. The number of rotatable bonds is 0. The second-order valence-electron chi connectivity index (χ2n) is 3.68. The van der Waals surface area contributed by atoms with E-state index in [0.29, 0.717) is 16.7 Å². The summed E-state index contributed by atoms with van der Waals surface area (Å²) < 4.78 is 0. The number of H-pyrrole nitrogens is 1. The van der Waals surface area contributed by atoms with Crippen molar-refractivity contribution in [2.24, 2.45) is 0 Å². The molecule has 0 spiro atoms. The van der Waals surface area contributed by atoms with Gasteiger partial charge >= 0.3 is 0 Å². The number of aryl methyl sites for hydroxylation is 1. The minimum absolute atomic E-state index is 0.103. The zero-order valence-corrected chi connectivity index (χ0v) is 8.69. The van der Waals surface area contributed by atoms with Gasteiger partial charge in [0.2, 0.25) is 0 Å². The third-order valence-corrected chi connectivity index (χ3v) is 2.58. The topological polar surface area (TPSA) is 58.6 Å². The van der Waals surface area contributed by atoms with Crippen molar-refractivity contribution in [2.75, 3.05) is 0 Å². The van der Waals surface area contributed by atoms with Gasteiger partial charge in [0.05, 0.1) is 16.4 Å². The van der Waals surface area contributed by atoms with Crippen molar-refractivity contribution in [2.45, 2.75) is 6.92 Å². The van der Waals surface area contributed by atoms with Crippen molar-refractivity contribution in [1.29, 1.82) is 0 Å². The van der Waals surface area contributed by atoms with Gasteiger partial charge in [-0.15, -0.1) is 0 Å². The molecule has 1 N–H and O–H groups in total. The molecule has 0 amide bonds. The highest BCUT2D eigenvalue weighted by molar-refractivity contribution is 6.03. The second kappa shape index (κ2) is 3.13. The van der Waals surface area contributed by atoms with Crippen LogP contribution in [0, 0.1) is 6.92 Å². The van der Waals surface area contributed by atoms with E-state index in [1.165, 1.54) is 0 Å². The SMILES string of the molecule is Cc1nc2c(ccc3ncccc32)c(=O)[nH]1. The van der Waals surface area contributed by atoms with Crippen LogP contribution in [0.3, 0.4) is 0 Å². The zero-order chi connectivity index (χ0) is 11.1. The van der Waals surface area contributed by atoms with Crippen LogP contribution >= 0.6 is 0 Å². The first-order valence-electron chi connectivity index (χ1n) is 5.00. The Hall–Kier alpha value is -2.23. The monoisotopic (exact) mass is 211 g/mol. The van der Waals surface area contributed by atoms with Crippen LogP contribution in [0.1, 0.15) is 5.82 Å². The summed E-state index contributed by atoms with van der Waals surface area (Å²) in [5.74, 6) is 0.619. The number of fused-ring (bicyclic) bond motifs is 3. The number of pyridine rings is 1. The number of benzene rings is 1. The summed E-state index contributed by atoms with van der Waals surface area (Å²) in [7, 11) is 0. The molecule has 78 valence electrons. The molecule has 0 aliphatic rings. The lowest BCUT2D eigenvalue weighted by Gasteiger charge is -2.02. The van der Waals surface area contributed by atoms with Crippen molar-refractivity contribution in [3.8, 4) is 0 Å².